The minimum Gasteiger partial charge on any atom is -0.351 e. The minimum absolute atomic E-state index is 0.0375. The lowest BCUT2D eigenvalue weighted by molar-refractivity contribution is -0.120. The van der Waals surface area contributed by atoms with Gasteiger partial charge in [-0.15, -0.1) is 0 Å². The average molecular weight is 381 g/mol. The van der Waals surface area contributed by atoms with E-state index in [1.165, 1.54) is 13.0 Å². The van der Waals surface area contributed by atoms with E-state index >= 15 is 0 Å². The number of Topliss-reactive ketones (excluding diaryl/α,β-unsaturated/α-hetero) is 1. The molecule has 0 saturated carbocycles. The van der Waals surface area contributed by atoms with Crippen LogP contribution >= 0.6 is 11.8 Å². The van der Waals surface area contributed by atoms with Gasteiger partial charge in [-0.3, -0.25) is 9.59 Å². The van der Waals surface area contributed by atoms with Gasteiger partial charge in [0.1, 0.15) is 11.1 Å². The predicted molar refractivity (Wildman–Crippen MR) is 94.2 cm³/mol. The van der Waals surface area contributed by atoms with E-state index in [4.69, 9.17) is 0 Å². The number of carbonyl (C=O) groups excluding carboxylic acids is 2. The third-order valence-electron chi connectivity index (χ3n) is 3.91. The Kier molecular flexibility index (Phi) is 5.85. The Morgan fingerprint density at radius 2 is 2.16 bits per heavy atom. The highest BCUT2D eigenvalue weighted by molar-refractivity contribution is 8.00. The summed E-state index contributed by atoms with van der Waals surface area (Å²) in [5.74, 6) is -0.424. The third-order valence-corrected chi connectivity index (χ3v) is 6.78. The van der Waals surface area contributed by atoms with Gasteiger partial charge in [0, 0.05) is 17.3 Å². The summed E-state index contributed by atoms with van der Waals surface area (Å²) >= 11 is 1.11. The van der Waals surface area contributed by atoms with Crippen LogP contribution in [0.4, 0.5) is 0 Å². The Balaban J connectivity index is 2.11. The molecule has 1 fully saturated rings. The van der Waals surface area contributed by atoms with Crippen molar-refractivity contribution in [2.45, 2.75) is 43.5 Å². The molecule has 0 aliphatic carbocycles. The van der Waals surface area contributed by atoms with E-state index in [9.17, 15) is 23.3 Å². The number of sulfone groups is 1. The van der Waals surface area contributed by atoms with Crippen molar-refractivity contribution in [1.82, 2.24) is 10.3 Å². The van der Waals surface area contributed by atoms with Crippen LogP contribution < -0.4 is 5.32 Å². The van der Waals surface area contributed by atoms with Crippen LogP contribution in [0.15, 0.2) is 11.1 Å². The Hall–Kier alpha value is -1.92. The highest BCUT2D eigenvalue weighted by Crippen LogP contribution is 2.27. The number of nitrogens with one attached hydrogen (secondary N) is 1. The normalized spacial score (nSPS) is 19.8. The molecule has 2 rings (SSSR count). The maximum atomic E-state index is 12.3. The molecule has 134 valence electrons. The molecule has 0 aromatic carbocycles. The fourth-order valence-corrected chi connectivity index (χ4v) is 5.16. The fourth-order valence-electron chi connectivity index (χ4n) is 2.56. The number of hydrogen-bond acceptors (Lipinski definition) is 7. The highest BCUT2D eigenvalue weighted by Gasteiger charge is 2.30. The second-order valence-corrected chi connectivity index (χ2v) is 9.57. The zero-order chi connectivity index (χ0) is 18.8. The lowest BCUT2D eigenvalue weighted by Gasteiger charge is -2.16. The number of hydrogen-bond donors (Lipinski definition) is 1. The SMILES string of the molecule is CC(=O)c1cc(C#N)c(S[C@H](C)C(=O)N[C@@H]2CCS(=O)(=O)C2)nc1C. The number of pyridine rings is 1. The number of rotatable bonds is 5. The lowest BCUT2D eigenvalue weighted by Crippen LogP contribution is -2.40. The summed E-state index contributed by atoms with van der Waals surface area (Å²) < 4.78 is 22.9. The molecule has 2 heterocycles. The summed E-state index contributed by atoms with van der Waals surface area (Å²) in [5, 5.41) is 11.8. The van der Waals surface area contributed by atoms with Crippen molar-refractivity contribution < 1.29 is 18.0 Å². The first-order valence-corrected chi connectivity index (χ1v) is 10.4. The number of ketones is 1. The van der Waals surface area contributed by atoms with Crippen molar-refractivity contribution in [3.8, 4) is 6.07 Å². The van der Waals surface area contributed by atoms with Crippen LogP contribution in [0.1, 0.15) is 41.9 Å². The standard InChI is InChI=1S/C16H19N3O4S2/c1-9-14(10(2)20)6-12(7-17)16(18-9)24-11(3)15(21)19-13-4-5-25(22,23)8-13/h6,11,13H,4-5,8H2,1-3H3,(H,19,21)/t11-,13-/m1/s1. The Morgan fingerprint density at radius 3 is 2.68 bits per heavy atom. The summed E-state index contributed by atoms with van der Waals surface area (Å²) in [6.45, 7) is 4.75. The molecule has 1 saturated heterocycles. The maximum absolute atomic E-state index is 12.3. The molecular weight excluding hydrogens is 362 g/mol. The van der Waals surface area contributed by atoms with Crippen LogP contribution in [0.2, 0.25) is 0 Å². The molecule has 1 aliphatic heterocycles. The number of amides is 1. The molecule has 1 aliphatic rings. The molecule has 0 radical (unpaired) electrons. The minimum atomic E-state index is -3.06. The summed E-state index contributed by atoms with van der Waals surface area (Å²) in [6.07, 6.45) is 0.416. The monoisotopic (exact) mass is 381 g/mol. The molecule has 1 aromatic rings. The Bertz CT molecular complexity index is 859. The first-order chi connectivity index (χ1) is 11.6. The summed E-state index contributed by atoms with van der Waals surface area (Å²) in [6, 6.07) is 3.12. The quantitative estimate of drug-likeness (QED) is 0.602. The van der Waals surface area contributed by atoms with Crippen LogP contribution in [-0.4, -0.2) is 47.9 Å². The van der Waals surface area contributed by atoms with Gasteiger partial charge >= 0.3 is 0 Å². The van der Waals surface area contributed by atoms with Crippen LogP contribution in [0.3, 0.4) is 0 Å². The van der Waals surface area contributed by atoms with Gasteiger partial charge in [-0.25, -0.2) is 13.4 Å². The summed E-state index contributed by atoms with van der Waals surface area (Å²) in [5.41, 5.74) is 1.13. The average Bonchev–Trinajstić information content (AvgIpc) is 2.85. The van der Waals surface area contributed by atoms with Crippen molar-refractivity contribution in [2.75, 3.05) is 11.5 Å². The summed E-state index contributed by atoms with van der Waals surface area (Å²) in [7, 11) is -3.06. The van der Waals surface area contributed by atoms with E-state index in [2.05, 4.69) is 10.3 Å². The number of carbonyl (C=O) groups is 2. The van der Waals surface area contributed by atoms with Crippen molar-refractivity contribution in [3.63, 3.8) is 0 Å². The van der Waals surface area contributed by atoms with Gasteiger partial charge in [0.05, 0.1) is 22.3 Å². The van der Waals surface area contributed by atoms with E-state index in [0.29, 0.717) is 22.7 Å². The number of nitriles is 1. The molecule has 0 bridgehead atoms. The molecule has 7 nitrogen and oxygen atoms in total. The molecule has 0 spiro atoms. The van der Waals surface area contributed by atoms with Crippen LogP contribution in [0.5, 0.6) is 0 Å². The Morgan fingerprint density at radius 1 is 1.48 bits per heavy atom. The van der Waals surface area contributed by atoms with Crippen LogP contribution in [0, 0.1) is 18.3 Å². The van der Waals surface area contributed by atoms with E-state index in [-0.39, 0.29) is 34.8 Å². The van der Waals surface area contributed by atoms with Gasteiger partial charge in [-0.1, -0.05) is 11.8 Å². The van der Waals surface area contributed by atoms with Gasteiger partial charge in [0.2, 0.25) is 5.91 Å². The molecule has 1 N–H and O–H groups in total. The third kappa shape index (κ3) is 4.80. The van der Waals surface area contributed by atoms with Crippen molar-refractivity contribution in [1.29, 1.82) is 5.26 Å². The number of aromatic nitrogens is 1. The van der Waals surface area contributed by atoms with Crippen molar-refractivity contribution in [3.05, 3.63) is 22.9 Å². The summed E-state index contributed by atoms with van der Waals surface area (Å²) in [4.78, 5) is 28.1. The van der Waals surface area contributed by atoms with Crippen molar-refractivity contribution in [2.24, 2.45) is 0 Å². The lowest BCUT2D eigenvalue weighted by atomic mass is 10.1. The van der Waals surface area contributed by atoms with Gasteiger partial charge < -0.3 is 5.32 Å². The van der Waals surface area contributed by atoms with E-state index in [0.717, 1.165) is 11.8 Å². The van der Waals surface area contributed by atoms with Crippen LogP contribution in [0.25, 0.3) is 0 Å². The molecule has 9 heteroatoms. The first kappa shape index (κ1) is 19.4. The molecule has 25 heavy (non-hydrogen) atoms. The van der Waals surface area contributed by atoms with E-state index in [1.54, 1.807) is 13.8 Å². The molecular formula is C16H19N3O4S2. The zero-order valence-corrected chi connectivity index (χ0v) is 15.8. The zero-order valence-electron chi connectivity index (χ0n) is 14.2. The van der Waals surface area contributed by atoms with Gasteiger partial charge in [-0.05, 0) is 33.3 Å². The topological polar surface area (TPSA) is 117 Å². The van der Waals surface area contributed by atoms with E-state index in [1.807, 2.05) is 6.07 Å². The maximum Gasteiger partial charge on any atom is 0.233 e. The van der Waals surface area contributed by atoms with Crippen LogP contribution in [-0.2, 0) is 14.6 Å². The number of aryl methyl sites for hydroxylation is 1. The first-order valence-electron chi connectivity index (χ1n) is 7.73. The van der Waals surface area contributed by atoms with Gasteiger partial charge in [0.15, 0.2) is 15.6 Å². The predicted octanol–water partition coefficient (Wildman–Crippen LogP) is 1.25. The largest absolute Gasteiger partial charge is 0.351 e. The molecule has 0 unspecified atom stereocenters. The molecule has 2 atom stereocenters. The van der Waals surface area contributed by atoms with Gasteiger partial charge in [0.25, 0.3) is 0 Å². The smallest absolute Gasteiger partial charge is 0.233 e. The second-order valence-electron chi connectivity index (χ2n) is 6.01. The number of nitrogens with zero attached hydrogens (tertiary/aromatic N) is 2. The van der Waals surface area contributed by atoms with Crippen molar-refractivity contribution >= 4 is 33.3 Å². The second kappa shape index (κ2) is 7.54. The van der Waals surface area contributed by atoms with Gasteiger partial charge in [-0.2, -0.15) is 5.26 Å². The molecule has 1 aromatic heterocycles. The van der Waals surface area contributed by atoms with E-state index < -0.39 is 15.1 Å². The Labute approximate surface area is 151 Å². The fraction of sp³-hybridized carbons (Fsp3) is 0.500. The molecule has 1 amide bonds. The number of thioether (sulfide) groups is 1. The highest BCUT2D eigenvalue weighted by atomic mass is 32.2.